The van der Waals surface area contributed by atoms with E-state index in [-0.39, 0.29) is 12.0 Å². The second-order valence-electron chi connectivity index (χ2n) is 6.08. The molecule has 0 bridgehead atoms. The number of piperidine rings is 1. The molecule has 0 radical (unpaired) electrons. The molecule has 2 atom stereocenters. The standard InChI is InChI=1S/C16H17N5O.2C2H6/c1-9-5-13-14-15(20-10(2)19-13)21-7-11(6-17)3-4-12(21)8-22-16(14)18-9;2*1-2/h5,11-12H,3-4,7-8H2,1-2H3;2*1-2H3. The zero-order chi connectivity index (χ0) is 19.3. The molecule has 4 rings (SSSR count). The van der Waals surface area contributed by atoms with Crippen molar-refractivity contribution in [2.75, 3.05) is 18.1 Å². The summed E-state index contributed by atoms with van der Waals surface area (Å²) in [5.41, 5.74) is 1.76. The molecular weight excluding hydrogens is 326 g/mol. The number of hydrogen-bond donors (Lipinski definition) is 0. The van der Waals surface area contributed by atoms with E-state index in [0.29, 0.717) is 19.0 Å². The van der Waals surface area contributed by atoms with Gasteiger partial charge in [-0.1, -0.05) is 27.7 Å². The summed E-state index contributed by atoms with van der Waals surface area (Å²) in [6.07, 6.45) is 1.85. The molecule has 6 heteroatoms. The van der Waals surface area contributed by atoms with Crippen LogP contribution < -0.4 is 9.64 Å². The minimum Gasteiger partial charge on any atom is -0.475 e. The van der Waals surface area contributed by atoms with Crippen molar-refractivity contribution < 1.29 is 4.74 Å². The van der Waals surface area contributed by atoms with E-state index in [9.17, 15) is 5.26 Å². The van der Waals surface area contributed by atoms with E-state index in [1.165, 1.54) is 0 Å². The summed E-state index contributed by atoms with van der Waals surface area (Å²) in [5, 5.41) is 10.2. The number of pyridine rings is 1. The largest absolute Gasteiger partial charge is 0.475 e. The fourth-order valence-electron chi connectivity index (χ4n) is 3.39. The van der Waals surface area contributed by atoms with Crippen LogP contribution in [0.25, 0.3) is 10.9 Å². The van der Waals surface area contributed by atoms with Crippen LogP contribution in [0.1, 0.15) is 52.1 Å². The maximum Gasteiger partial charge on any atom is 0.227 e. The Labute approximate surface area is 156 Å². The molecule has 6 nitrogen and oxygen atoms in total. The van der Waals surface area contributed by atoms with Crippen molar-refractivity contribution in [3.63, 3.8) is 0 Å². The Balaban J connectivity index is 0.000000570. The first-order chi connectivity index (χ1) is 12.7. The summed E-state index contributed by atoms with van der Waals surface area (Å²) in [7, 11) is 0. The molecule has 0 spiro atoms. The molecular formula is C20H29N5O. The van der Waals surface area contributed by atoms with Gasteiger partial charge in [-0.2, -0.15) is 5.26 Å². The van der Waals surface area contributed by atoms with Crippen LogP contribution in [0.15, 0.2) is 6.07 Å². The molecule has 2 aliphatic rings. The molecule has 4 heterocycles. The molecule has 2 unspecified atom stereocenters. The maximum atomic E-state index is 9.28. The lowest BCUT2D eigenvalue weighted by Gasteiger charge is -2.37. The number of nitriles is 1. The molecule has 140 valence electrons. The highest BCUT2D eigenvalue weighted by Crippen LogP contribution is 2.38. The highest BCUT2D eigenvalue weighted by Gasteiger charge is 2.34. The number of aryl methyl sites for hydroxylation is 2. The molecule has 2 aromatic rings. The Kier molecular flexibility index (Phi) is 6.73. The van der Waals surface area contributed by atoms with Crippen molar-refractivity contribution in [3.8, 4) is 11.9 Å². The van der Waals surface area contributed by atoms with Crippen LogP contribution in [0.2, 0.25) is 0 Å². The van der Waals surface area contributed by atoms with E-state index >= 15 is 0 Å². The van der Waals surface area contributed by atoms with Crippen molar-refractivity contribution in [2.24, 2.45) is 5.92 Å². The summed E-state index contributed by atoms with van der Waals surface area (Å²) >= 11 is 0. The predicted molar refractivity (Wildman–Crippen MR) is 104 cm³/mol. The number of hydrogen-bond acceptors (Lipinski definition) is 6. The molecule has 0 amide bonds. The van der Waals surface area contributed by atoms with Crippen LogP contribution >= 0.6 is 0 Å². The molecule has 0 aromatic carbocycles. The monoisotopic (exact) mass is 355 g/mol. The molecule has 26 heavy (non-hydrogen) atoms. The third kappa shape index (κ3) is 3.72. The molecule has 2 aromatic heterocycles. The minimum atomic E-state index is 0.0431. The molecule has 1 fully saturated rings. The van der Waals surface area contributed by atoms with Gasteiger partial charge in [-0.05, 0) is 32.8 Å². The highest BCUT2D eigenvalue weighted by molar-refractivity contribution is 5.94. The predicted octanol–water partition coefficient (Wildman–Crippen LogP) is 4.20. The van der Waals surface area contributed by atoms with Gasteiger partial charge < -0.3 is 9.64 Å². The van der Waals surface area contributed by atoms with Crippen molar-refractivity contribution >= 4 is 16.7 Å². The second-order valence-corrected chi connectivity index (χ2v) is 6.08. The van der Waals surface area contributed by atoms with Gasteiger partial charge in [0.2, 0.25) is 5.88 Å². The number of ether oxygens (including phenoxy) is 1. The van der Waals surface area contributed by atoms with Crippen molar-refractivity contribution in [1.82, 2.24) is 15.0 Å². The molecule has 2 aliphatic heterocycles. The lowest BCUT2D eigenvalue weighted by Crippen LogP contribution is -2.46. The fraction of sp³-hybridized carbons (Fsp3) is 0.600. The van der Waals surface area contributed by atoms with Gasteiger partial charge in [0, 0.05) is 12.2 Å². The fourth-order valence-corrected chi connectivity index (χ4v) is 3.39. The normalized spacial score (nSPS) is 20.3. The topological polar surface area (TPSA) is 74.9 Å². The van der Waals surface area contributed by atoms with Gasteiger partial charge in [0.15, 0.2) is 0 Å². The Hall–Kier alpha value is -2.42. The zero-order valence-corrected chi connectivity index (χ0v) is 16.7. The molecule has 1 saturated heterocycles. The molecule has 0 N–H and O–H groups in total. The van der Waals surface area contributed by atoms with E-state index in [1.807, 2.05) is 47.6 Å². The summed E-state index contributed by atoms with van der Waals surface area (Å²) in [6.45, 7) is 13.1. The summed E-state index contributed by atoms with van der Waals surface area (Å²) in [4.78, 5) is 15.9. The van der Waals surface area contributed by atoms with Gasteiger partial charge in [-0.15, -0.1) is 0 Å². The van der Waals surface area contributed by atoms with Gasteiger partial charge >= 0.3 is 0 Å². The Bertz CT molecular complexity index is 794. The summed E-state index contributed by atoms with van der Waals surface area (Å²) < 4.78 is 5.96. The van der Waals surface area contributed by atoms with Gasteiger partial charge in [-0.25, -0.2) is 15.0 Å². The molecule has 0 aliphatic carbocycles. The van der Waals surface area contributed by atoms with Crippen LogP contribution in [0.4, 0.5) is 5.82 Å². The first kappa shape index (κ1) is 19.9. The first-order valence-corrected chi connectivity index (χ1v) is 9.61. The minimum absolute atomic E-state index is 0.0431. The van der Waals surface area contributed by atoms with E-state index < -0.39 is 0 Å². The highest BCUT2D eigenvalue weighted by atomic mass is 16.5. The maximum absolute atomic E-state index is 9.28. The number of nitrogens with zero attached hydrogens (tertiary/aromatic N) is 5. The lowest BCUT2D eigenvalue weighted by atomic mass is 9.94. The van der Waals surface area contributed by atoms with Crippen molar-refractivity contribution in [1.29, 1.82) is 5.26 Å². The van der Waals surface area contributed by atoms with Crippen LogP contribution in [0.3, 0.4) is 0 Å². The number of anilines is 1. The third-order valence-corrected chi connectivity index (χ3v) is 4.44. The third-order valence-electron chi connectivity index (χ3n) is 4.44. The number of aromatic nitrogens is 3. The first-order valence-electron chi connectivity index (χ1n) is 9.61. The SMILES string of the molecule is CC.CC.Cc1cc2nc(C)nc3c2c(n1)OCC1CCC(C#N)CN31. The van der Waals surface area contributed by atoms with Crippen LogP contribution in [-0.2, 0) is 0 Å². The zero-order valence-electron chi connectivity index (χ0n) is 16.7. The van der Waals surface area contributed by atoms with Crippen LogP contribution in [0.5, 0.6) is 5.88 Å². The van der Waals surface area contributed by atoms with Crippen molar-refractivity contribution in [3.05, 3.63) is 17.6 Å². The van der Waals surface area contributed by atoms with E-state index in [0.717, 1.165) is 41.1 Å². The van der Waals surface area contributed by atoms with Crippen LogP contribution in [0, 0.1) is 31.1 Å². The summed E-state index contributed by atoms with van der Waals surface area (Å²) in [5.74, 6) is 2.26. The van der Waals surface area contributed by atoms with Gasteiger partial charge in [-0.3, -0.25) is 0 Å². The Morgan fingerprint density at radius 3 is 2.54 bits per heavy atom. The molecule has 0 saturated carbocycles. The van der Waals surface area contributed by atoms with Gasteiger partial charge in [0.05, 0.1) is 23.5 Å². The van der Waals surface area contributed by atoms with Gasteiger partial charge in [0.25, 0.3) is 0 Å². The van der Waals surface area contributed by atoms with Crippen LogP contribution in [-0.4, -0.2) is 34.1 Å². The van der Waals surface area contributed by atoms with E-state index in [4.69, 9.17) is 4.74 Å². The smallest absolute Gasteiger partial charge is 0.227 e. The number of rotatable bonds is 0. The quantitative estimate of drug-likeness (QED) is 0.705. The summed E-state index contributed by atoms with van der Waals surface area (Å²) in [6, 6.07) is 4.61. The average Bonchev–Trinajstić information content (AvgIpc) is 2.82. The van der Waals surface area contributed by atoms with E-state index in [1.54, 1.807) is 0 Å². The lowest BCUT2D eigenvalue weighted by molar-refractivity contribution is 0.251. The van der Waals surface area contributed by atoms with Gasteiger partial charge in [0.1, 0.15) is 23.6 Å². The Morgan fingerprint density at radius 1 is 1.12 bits per heavy atom. The van der Waals surface area contributed by atoms with Crippen molar-refractivity contribution in [2.45, 2.75) is 60.4 Å². The Morgan fingerprint density at radius 2 is 1.85 bits per heavy atom. The average molecular weight is 355 g/mol. The second kappa shape index (κ2) is 8.79. The van der Waals surface area contributed by atoms with E-state index in [2.05, 4.69) is 25.9 Å². The number of fused-ring (bicyclic) bond motifs is 2.